The Balaban J connectivity index is 2.26. The summed E-state index contributed by atoms with van der Waals surface area (Å²) in [5.74, 6) is 1.69. The minimum absolute atomic E-state index is 0.500. The molecule has 0 fully saturated rings. The molecule has 0 aliphatic heterocycles. The van der Waals surface area contributed by atoms with Gasteiger partial charge in [-0.15, -0.1) is 5.10 Å². The van der Waals surface area contributed by atoms with Crippen molar-refractivity contribution in [2.75, 3.05) is 12.3 Å². The van der Waals surface area contributed by atoms with E-state index in [0.29, 0.717) is 24.1 Å². The standard InChI is InChI=1S/C11H15N5O/c1-3-4-17-10-5-9(13-7-14-10)16-6-8(2)11(12)15-16/h5-7H,3-4H2,1-2H3,(H2,12,15). The number of rotatable bonds is 4. The molecule has 6 heteroatoms. The van der Waals surface area contributed by atoms with Gasteiger partial charge in [0, 0.05) is 17.8 Å². The summed E-state index contributed by atoms with van der Waals surface area (Å²) in [4.78, 5) is 8.15. The highest BCUT2D eigenvalue weighted by atomic mass is 16.5. The summed E-state index contributed by atoms with van der Waals surface area (Å²) in [7, 11) is 0. The average Bonchev–Trinajstić information content (AvgIpc) is 2.68. The molecule has 0 aromatic carbocycles. The van der Waals surface area contributed by atoms with Gasteiger partial charge in [-0.2, -0.15) is 0 Å². The highest BCUT2D eigenvalue weighted by Crippen LogP contribution is 2.14. The van der Waals surface area contributed by atoms with E-state index in [4.69, 9.17) is 10.5 Å². The molecule has 0 bridgehead atoms. The van der Waals surface area contributed by atoms with Crippen LogP contribution in [0.25, 0.3) is 5.82 Å². The average molecular weight is 233 g/mol. The summed E-state index contributed by atoms with van der Waals surface area (Å²) in [5.41, 5.74) is 6.61. The Labute approximate surface area is 99.4 Å². The molecule has 6 nitrogen and oxygen atoms in total. The van der Waals surface area contributed by atoms with Crippen LogP contribution in [0.2, 0.25) is 0 Å². The van der Waals surface area contributed by atoms with E-state index in [1.807, 2.05) is 20.0 Å². The third kappa shape index (κ3) is 2.52. The molecule has 90 valence electrons. The first-order valence-corrected chi connectivity index (χ1v) is 5.47. The topological polar surface area (TPSA) is 78.9 Å². The van der Waals surface area contributed by atoms with Gasteiger partial charge in [0.2, 0.25) is 5.88 Å². The summed E-state index contributed by atoms with van der Waals surface area (Å²) in [6.07, 6.45) is 4.21. The van der Waals surface area contributed by atoms with Crippen LogP contribution < -0.4 is 10.5 Å². The molecule has 0 amide bonds. The Morgan fingerprint density at radius 3 is 2.88 bits per heavy atom. The maximum absolute atomic E-state index is 5.69. The highest BCUT2D eigenvalue weighted by Gasteiger charge is 2.06. The molecule has 2 aromatic heterocycles. The summed E-state index contributed by atoms with van der Waals surface area (Å²) >= 11 is 0. The second-order valence-electron chi connectivity index (χ2n) is 3.70. The first-order chi connectivity index (χ1) is 8.20. The van der Waals surface area contributed by atoms with Crippen LogP contribution in [0, 0.1) is 6.92 Å². The van der Waals surface area contributed by atoms with Crippen LogP contribution in [-0.4, -0.2) is 26.4 Å². The lowest BCUT2D eigenvalue weighted by Gasteiger charge is -2.04. The first kappa shape index (κ1) is 11.4. The van der Waals surface area contributed by atoms with Gasteiger partial charge in [-0.25, -0.2) is 14.6 Å². The van der Waals surface area contributed by atoms with Gasteiger partial charge in [-0.1, -0.05) is 6.92 Å². The monoisotopic (exact) mass is 233 g/mol. The van der Waals surface area contributed by atoms with Gasteiger partial charge >= 0.3 is 0 Å². The van der Waals surface area contributed by atoms with Crippen molar-refractivity contribution in [2.24, 2.45) is 0 Å². The molecule has 0 atom stereocenters. The summed E-state index contributed by atoms with van der Waals surface area (Å²) in [5, 5.41) is 4.15. The van der Waals surface area contributed by atoms with E-state index in [9.17, 15) is 0 Å². The molecule has 0 radical (unpaired) electrons. The Kier molecular flexibility index (Phi) is 3.22. The van der Waals surface area contributed by atoms with Crippen LogP contribution >= 0.6 is 0 Å². The van der Waals surface area contributed by atoms with E-state index in [1.165, 1.54) is 6.33 Å². The van der Waals surface area contributed by atoms with E-state index >= 15 is 0 Å². The van der Waals surface area contributed by atoms with Crippen LogP contribution in [0.3, 0.4) is 0 Å². The predicted molar refractivity (Wildman–Crippen MR) is 64.1 cm³/mol. The van der Waals surface area contributed by atoms with Crippen molar-refractivity contribution in [1.29, 1.82) is 0 Å². The zero-order chi connectivity index (χ0) is 12.3. The largest absolute Gasteiger partial charge is 0.478 e. The lowest BCUT2D eigenvalue weighted by atomic mass is 10.4. The van der Waals surface area contributed by atoms with Crippen LogP contribution in [-0.2, 0) is 0 Å². The molecule has 17 heavy (non-hydrogen) atoms. The number of nitrogens with two attached hydrogens (primary N) is 1. The lowest BCUT2D eigenvalue weighted by molar-refractivity contribution is 0.304. The van der Waals surface area contributed by atoms with Gasteiger partial charge in [0.1, 0.15) is 12.1 Å². The summed E-state index contributed by atoms with van der Waals surface area (Å²) in [6, 6.07) is 1.74. The van der Waals surface area contributed by atoms with Crippen molar-refractivity contribution in [2.45, 2.75) is 20.3 Å². The Morgan fingerprint density at radius 1 is 1.41 bits per heavy atom. The fraction of sp³-hybridized carbons (Fsp3) is 0.364. The number of anilines is 1. The van der Waals surface area contributed by atoms with Crippen LogP contribution in [0.1, 0.15) is 18.9 Å². The molecule has 2 N–H and O–H groups in total. The molecule has 0 saturated carbocycles. The molecule has 0 spiro atoms. The van der Waals surface area contributed by atoms with Crippen molar-refractivity contribution in [1.82, 2.24) is 19.7 Å². The van der Waals surface area contributed by atoms with E-state index in [-0.39, 0.29) is 0 Å². The van der Waals surface area contributed by atoms with E-state index in [0.717, 1.165) is 12.0 Å². The molecular weight excluding hydrogens is 218 g/mol. The Bertz CT molecular complexity index is 489. The molecular formula is C11H15N5O. The number of ether oxygens (including phenoxy) is 1. The minimum Gasteiger partial charge on any atom is -0.478 e. The zero-order valence-corrected chi connectivity index (χ0v) is 9.92. The van der Waals surface area contributed by atoms with Gasteiger partial charge in [0.25, 0.3) is 0 Å². The van der Waals surface area contributed by atoms with Crippen molar-refractivity contribution in [3.63, 3.8) is 0 Å². The number of hydrogen-bond donors (Lipinski definition) is 1. The summed E-state index contributed by atoms with van der Waals surface area (Å²) < 4.78 is 7.05. The molecule has 2 rings (SSSR count). The van der Waals surface area contributed by atoms with Gasteiger partial charge < -0.3 is 10.5 Å². The number of nitrogen functional groups attached to an aromatic ring is 1. The second-order valence-corrected chi connectivity index (χ2v) is 3.70. The molecule has 0 unspecified atom stereocenters. The molecule has 0 saturated heterocycles. The van der Waals surface area contributed by atoms with Crippen LogP contribution in [0.15, 0.2) is 18.6 Å². The molecule has 0 aliphatic rings. The minimum atomic E-state index is 0.500. The molecule has 0 aliphatic carbocycles. The van der Waals surface area contributed by atoms with Gasteiger partial charge in [0.15, 0.2) is 5.82 Å². The Hall–Kier alpha value is -2.11. The zero-order valence-electron chi connectivity index (χ0n) is 9.92. The number of hydrogen-bond acceptors (Lipinski definition) is 5. The number of aromatic nitrogens is 4. The van der Waals surface area contributed by atoms with Crippen molar-refractivity contribution in [3.05, 3.63) is 24.2 Å². The molecule has 2 aromatic rings. The fourth-order valence-electron chi connectivity index (χ4n) is 1.33. The van der Waals surface area contributed by atoms with Crippen molar-refractivity contribution >= 4 is 5.82 Å². The van der Waals surface area contributed by atoms with Crippen molar-refractivity contribution < 1.29 is 4.74 Å². The highest BCUT2D eigenvalue weighted by molar-refractivity contribution is 5.39. The Morgan fingerprint density at radius 2 is 2.24 bits per heavy atom. The lowest BCUT2D eigenvalue weighted by Crippen LogP contribution is -2.03. The van der Waals surface area contributed by atoms with E-state index < -0.39 is 0 Å². The smallest absolute Gasteiger partial charge is 0.218 e. The maximum atomic E-state index is 5.69. The summed E-state index contributed by atoms with van der Waals surface area (Å²) in [6.45, 7) is 4.57. The number of nitrogens with zero attached hydrogens (tertiary/aromatic N) is 4. The van der Waals surface area contributed by atoms with E-state index in [2.05, 4.69) is 15.1 Å². The normalized spacial score (nSPS) is 10.5. The second kappa shape index (κ2) is 4.82. The van der Waals surface area contributed by atoms with Crippen molar-refractivity contribution in [3.8, 4) is 11.7 Å². The van der Waals surface area contributed by atoms with E-state index in [1.54, 1.807) is 10.7 Å². The predicted octanol–water partition coefficient (Wildman–Crippen LogP) is 1.34. The third-order valence-electron chi connectivity index (χ3n) is 2.25. The van der Waals surface area contributed by atoms with Gasteiger partial charge in [-0.3, -0.25) is 0 Å². The first-order valence-electron chi connectivity index (χ1n) is 5.47. The third-order valence-corrected chi connectivity index (χ3v) is 2.25. The van der Waals surface area contributed by atoms with Crippen LogP contribution in [0.4, 0.5) is 5.82 Å². The number of aryl methyl sites for hydroxylation is 1. The van der Waals surface area contributed by atoms with Gasteiger partial charge in [-0.05, 0) is 13.3 Å². The fourth-order valence-corrected chi connectivity index (χ4v) is 1.33. The SMILES string of the molecule is CCCOc1cc(-n2cc(C)c(N)n2)ncn1. The maximum Gasteiger partial charge on any atom is 0.218 e. The van der Waals surface area contributed by atoms with Gasteiger partial charge in [0.05, 0.1) is 6.61 Å². The quantitative estimate of drug-likeness (QED) is 0.862. The molecule has 2 heterocycles. The van der Waals surface area contributed by atoms with Crippen LogP contribution in [0.5, 0.6) is 5.88 Å².